The van der Waals surface area contributed by atoms with E-state index in [1.807, 2.05) is 13.8 Å². The number of oxime groups is 1. The largest absolute Gasteiger partial charge is 0.618 e. The number of thiazole rings is 1. The second kappa shape index (κ2) is 19.8. The average Bonchev–Trinajstić information content (AvgIpc) is 3.82. The number of carbonyl (C=O) groups excluding carboxylic acids is 5. The molecule has 4 rings (SSSR count). The lowest BCUT2D eigenvalue weighted by Gasteiger charge is -2.37. The van der Waals surface area contributed by atoms with Gasteiger partial charge in [-0.05, 0) is 68.2 Å². The first-order valence-corrected chi connectivity index (χ1v) is 20.3. The molecule has 4 amide bonds. The summed E-state index contributed by atoms with van der Waals surface area (Å²) >= 11 is 0.953. The van der Waals surface area contributed by atoms with Gasteiger partial charge in [0.05, 0.1) is 25.3 Å². The predicted octanol–water partition coefficient (Wildman–Crippen LogP) is 4.39. The summed E-state index contributed by atoms with van der Waals surface area (Å²) in [6.07, 6.45) is 3.84. The van der Waals surface area contributed by atoms with E-state index in [1.165, 1.54) is 37.6 Å². The van der Waals surface area contributed by atoms with Crippen molar-refractivity contribution in [3.05, 3.63) is 40.4 Å². The Morgan fingerprint density at radius 2 is 1.62 bits per heavy atom. The molecule has 1 aliphatic rings. The first-order chi connectivity index (χ1) is 28.1. The molecule has 60 heavy (non-hydrogen) atoms. The average molecular weight is 859 g/mol. The fourth-order valence-electron chi connectivity index (χ4n) is 4.97. The van der Waals surface area contributed by atoms with Crippen LogP contribution in [0.4, 0.5) is 9.93 Å². The molecule has 3 aromatic rings. The number of hydrogen-bond acceptors (Lipinski definition) is 16. The van der Waals surface area contributed by atoms with Crippen molar-refractivity contribution in [1.82, 2.24) is 26.1 Å². The highest BCUT2D eigenvalue weighted by Gasteiger charge is 2.42. The Labute approximate surface area is 351 Å². The predicted molar refractivity (Wildman–Crippen MR) is 217 cm³/mol. The molecule has 0 aliphatic carbocycles. The Morgan fingerprint density at radius 3 is 2.23 bits per heavy atom. The Bertz CT molecular complexity index is 2050. The SMILES string of the molecule is CCCCOc1cc(-c2cc(C(=O)NC[C@H]3NC(=O)[C@H]3NC(=O)/C(=N\OC(C)(C)C(=O)OC(C)(C)C)c3csc(NC(=O)OC(C)(C)C)n3)on2)[n+]([O-])cc1OCCCC. The number of amides is 4. The van der Waals surface area contributed by atoms with Gasteiger partial charge in [-0.15, -0.1) is 11.3 Å². The number of unbranched alkanes of at least 4 members (excludes halogenated alkanes) is 2. The number of carbonyl (C=O) groups is 5. The van der Waals surface area contributed by atoms with Crippen molar-refractivity contribution in [1.29, 1.82) is 0 Å². The summed E-state index contributed by atoms with van der Waals surface area (Å²) < 4.78 is 28.2. The molecule has 328 valence electrons. The smallest absolute Gasteiger partial charge is 0.413 e. The molecule has 3 aromatic heterocycles. The van der Waals surface area contributed by atoms with Crippen molar-refractivity contribution in [3.8, 4) is 22.9 Å². The maximum absolute atomic E-state index is 13.8. The van der Waals surface area contributed by atoms with Gasteiger partial charge in [0.2, 0.25) is 34.9 Å². The van der Waals surface area contributed by atoms with Crippen molar-refractivity contribution in [2.75, 3.05) is 25.1 Å². The van der Waals surface area contributed by atoms with E-state index in [4.69, 9.17) is 28.3 Å². The van der Waals surface area contributed by atoms with Crippen LogP contribution >= 0.6 is 11.3 Å². The van der Waals surface area contributed by atoms with Crippen LogP contribution in [0, 0.1) is 5.21 Å². The highest BCUT2D eigenvalue weighted by atomic mass is 32.1. The van der Waals surface area contributed by atoms with Crippen LogP contribution in [-0.2, 0) is 28.7 Å². The molecule has 1 aliphatic heterocycles. The normalized spacial score (nSPS) is 15.6. The van der Waals surface area contributed by atoms with Crippen LogP contribution in [0.15, 0.2) is 33.4 Å². The minimum absolute atomic E-state index is 0.0583. The first kappa shape index (κ1) is 46.7. The van der Waals surface area contributed by atoms with E-state index in [0.29, 0.717) is 23.7 Å². The molecule has 21 heteroatoms. The zero-order valence-corrected chi connectivity index (χ0v) is 36.3. The van der Waals surface area contributed by atoms with E-state index < -0.39 is 64.4 Å². The molecule has 20 nitrogen and oxygen atoms in total. The van der Waals surface area contributed by atoms with Crippen molar-refractivity contribution >= 4 is 52.0 Å². The monoisotopic (exact) mass is 858 g/mol. The third-order valence-corrected chi connectivity index (χ3v) is 8.85. The molecule has 0 aromatic carbocycles. The quantitative estimate of drug-likeness (QED) is 0.0248. The highest BCUT2D eigenvalue weighted by molar-refractivity contribution is 7.14. The zero-order valence-electron chi connectivity index (χ0n) is 35.5. The van der Waals surface area contributed by atoms with Crippen LogP contribution in [0.5, 0.6) is 11.5 Å². The van der Waals surface area contributed by atoms with Gasteiger partial charge in [0.1, 0.15) is 22.9 Å². The number of esters is 1. The molecule has 1 fully saturated rings. The van der Waals surface area contributed by atoms with Gasteiger partial charge in [0.15, 0.2) is 22.3 Å². The zero-order chi connectivity index (χ0) is 44.4. The summed E-state index contributed by atoms with van der Waals surface area (Å²) in [5.74, 6) is -2.57. The molecule has 4 heterocycles. The summed E-state index contributed by atoms with van der Waals surface area (Å²) in [4.78, 5) is 74.7. The molecule has 1 saturated heterocycles. The molecule has 0 spiro atoms. The van der Waals surface area contributed by atoms with Crippen LogP contribution in [-0.4, -0.2) is 94.3 Å². The number of ether oxygens (including phenoxy) is 4. The summed E-state index contributed by atoms with van der Waals surface area (Å²) in [7, 11) is 0. The Kier molecular flexibility index (Phi) is 15.4. The summed E-state index contributed by atoms with van der Waals surface area (Å²) in [5.41, 5.74) is -3.69. The van der Waals surface area contributed by atoms with Gasteiger partial charge in [-0.25, -0.2) is 14.6 Å². The molecule has 2 atom stereocenters. The lowest BCUT2D eigenvalue weighted by molar-refractivity contribution is -0.594. The van der Waals surface area contributed by atoms with Gasteiger partial charge >= 0.3 is 12.1 Å². The van der Waals surface area contributed by atoms with Gasteiger partial charge in [0, 0.05) is 18.0 Å². The van der Waals surface area contributed by atoms with Gasteiger partial charge in [-0.3, -0.25) is 19.7 Å². The van der Waals surface area contributed by atoms with Gasteiger partial charge in [0.25, 0.3) is 11.8 Å². The van der Waals surface area contributed by atoms with E-state index in [-0.39, 0.29) is 40.3 Å². The molecule has 0 bridgehead atoms. The standard InChI is InChI=1S/C39H54N8O12S/c1-11-13-15-54-26-18-25(47(53)20-28(26)55-16-14-12-2)22-17-27(58-45-22)31(48)40-19-23-29(32(49)41-23)43-33(50)30(46-59-39(9,10)34(51)56-37(3,4)5)24-21-60-35(42-24)44-36(52)57-38(6,7)8/h17-18,20-21,23,29H,11-16,19H2,1-10H3,(H,40,48)(H,41,49)(H,43,50)(H,42,44,52)/b46-30-/t23-,29+/m1/s1. The Morgan fingerprint density at radius 1 is 0.967 bits per heavy atom. The van der Waals surface area contributed by atoms with Crippen molar-refractivity contribution < 1.29 is 57.0 Å². The fraction of sp³-hybridized carbons (Fsp3) is 0.564. The topological polar surface area (TPSA) is 258 Å². The molecular weight excluding hydrogens is 805 g/mol. The maximum atomic E-state index is 13.8. The van der Waals surface area contributed by atoms with Crippen molar-refractivity contribution in [2.45, 2.75) is 124 Å². The van der Waals surface area contributed by atoms with E-state index in [0.717, 1.165) is 37.0 Å². The van der Waals surface area contributed by atoms with Crippen LogP contribution in [0.3, 0.4) is 0 Å². The third kappa shape index (κ3) is 13.3. The summed E-state index contributed by atoms with van der Waals surface area (Å²) in [6.45, 7) is 17.6. The van der Waals surface area contributed by atoms with E-state index in [1.54, 1.807) is 41.5 Å². The summed E-state index contributed by atoms with van der Waals surface area (Å²) in [5, 5.41) is 32.6. The maximum Gasteiger partial charge on any atom is 0.413 e. The fourth-order valence-corrected chi connectivity index (χ4v) is 5.65. The molecule has 4 N–H and O–H groups in total. The minimum Gasteiger partial charge on any atom is -0.618 e. The third-order valence-electron chi connectivity index (χ3n) is 8.10. The number of rotatable bonds is 19. The number of aromatic nitrogens is 3. The van der Waals surface area contributed by atoms with Gasteiger partial charge < -0.3 is 49.5 Å². The number of nitrogens with one attached hydrogen (secondary N) is 4. The van der Waals surface area contributed by atoms with Crippen LogP contribution in [0.1, 0.15) is 111 Å². The lowest BCUT2D eigenvalue weighted by atomic mass is 9.98. The van der Waals surface area contributed by atoms with Crippen LogP contribution in [0.25, 0.3) is 11.4 Å². The van der Waals surface area contributed by atoms with Crippen LogP contribution < -0.4 is 35.5 Å². The molecule has 0 saturated carbocycles. The minimum atomic E-state index is -1.67. The molecular formula is C39H54N8O12S. The molecule has 0 unspecified atom stereocenters. The van der Waals surface area contributed by atoms with Crippen molar-refractivity contribution in [2.24, 2.45) is 5.16 Å². The number of pyridine rings is 1. The van der Waals surface area contributed by atoms with E-state index in [2.05, 4.69) is 36.6 Å². The van der Waals surface area contributed by atoms with Gasteiger partial charge in [-0.2, -0.15) is 4.73 Å². The number of hydrogen-bond donors (Lipinski definition) is 4. The van der Waals surface area contributed by atoms with Crippen LogP contribution in [0.2, 0.25) is 0 Å². The highest BCUT2D eigenvalue weighted by Crippen LogP contribution is 2.30. The Balaban J connectivity index is 1.47. The second-order valence-corrected chi connectivity index (χ2v) is 17.0. The first-order valence-electron chi connectivity index (χ1n) is 19.5. The van der Waals surface area contributed by atoms with Gasteiger partial charge in [-0.1, -0.05) is 37.0 Å². The van der Waals surface area contributed by atoms with E-state index >= 15 is 0 Å². The molecule has 0 radical (unpaired) electrons. The number of anilines is 1. The summed E-state index contributed by atoms with van der Waals surface area (Å²) in [6, 6.07) is 0.812. The van der Waals surface area contributed by atoms with E-state index in [9.17, 15) is 29.2 Å². The lowest BCUT2D eigenvalue weighted by Crippen LogP contribution is -2.72. The second-order valence-electron chi connectivity index (χ2n) is 16.2. The Hall–Kier alpha value is -5.99. The number of nitrogens with zero attached hydrogens (tertiary/aromatic N) is 4. The number of β-lactam (4-membered cyclic amide) rings is 1. The van der Waals surface area contributed by atoms with Crippen molar-refractivity contribution in [3.63, 3.8) is 0 Å².